The van der Waals surface area contributed by atoms with Crippen molar-refractivity contribution < 1.29 is 19.2 Å². The van der Waals surface area contributed by atoms with Gasteiger partial charge >= 0.3 is 6.03 Å². The van der Waals surface area contributed by atoms with E-state index in [4.69, 9.17) is 0 Å². The molecule has 2 bridgehead atoms. The molecule has 6 aliphatic carbocycles. The van der Waals surface area contributed by atoms with Crippen molar-refractivity contribution in [2.45, 2.75) is 94.2 Å². The Morgan fingerprint density at radius 3 is 2.44 bits per heavy atom. The number of rotatable bonds is 8. The highest BCUT2D eigenvalue weighted by Crippen LogP contribution is 2.57. The van der Waals surface area contributed by atoms with Crippen LogP contribution in [0.3, 0.4) is 0 Å². The molecule has 1 aliphatic heterocycles. The number of hydrogen-bond donors (Lipinski definition) is 4. The van der Waals surface area contributed by atoms with E-state index in [1.165, 1.54) is 4.68 Å². The van der Waals surface area contributed by atoms with E-state index < -0.39 is 11.6 Å². The van der Waals surface area contributed by atoms with Crippen LogP contribution in [0.5, 0.6) is 0 Å². The van der Waals surface area contributed by atoms with Gasteiger partial charge in [-0.3, -0.25) is 19.1 Å². The molecular weight excluding hydrogens is 570 g/mol. The summed E-state index contributed by atoms with van der Waals surface area (Å²) in [6.07, 6.45) is 12.6. The predicted octanol–water partition coefficient (Wildman–Crippen LogP) is 3.05. The highest BCUT2D eigenvalue weighted by atomic mass is 16.2. The predicted molar refractivity (Wildman–Crippen MR) is 166 cm³/mol. The molecule has 11 nitrogen and oxygen atoms in total. The van der Waals surface area contributed by atoms with Crippen LogP contribution in [0.1, 0.15) is 85.8 Å². The van der Waals surface area contributed by atoms with E-state index in [0.717, 1.165) is 81.3 Å². The van der Waals surface area contributed by atoms with Gasteiger partial charge in [0.25, 0.3) is 5.91 Å². The summed E-state index contributed by atoms with van der Waals surface area (Å²) >= 11 is 0. The lowest BCUT2D eigenvalue weighted by atomic mass is 9.50. The number of nitrogens with one attached hydrogen (secondary N) is 4. The number of carbonyl (C=O) groups is 4. The molecule has 4 N–H and O–H groups in total. The van der Waals surface area contributed by atoms with Crippen molar-refractivity contribution >= 4 is 29.4 Å². The van der Waals surface area contributed by atoms with Crippen LogP contribution in [-0.4, -0.2) is 68.6 Å². The van der Waals surface area contributed by atoms with Crippen molar-refractivity contribution in [3.63, 3.8) is 0 Å². The largest absolute Gasteiger partial charge is 0.349 e. The molecule has 5 amide bonds. The number of aryl methyl sites for hydroxylation is 1. The average molecular weight is 614 g/mol. The maximum atomic E-state index is 14.2. The molecule has 238 valence electrons. The number of benzene rings is 1. The molecule has 5 saturated carbocycles. The number of aromatic nitrogens is 2. The lowest BCUT2D eigenvalue weighted by molar-refractivity contribution is -0.144. The zero-order chi connectivity index (χ0) is 31.0. The molecule has 1 aromatic heterocycles. The van der Waals surface area contributed by atoms with Crippen molar-refractivity contribution in [2.75, 3.05) is 18.4 Å². The van der Waals surface area contributed by atoms with Gasteiger partial charge in [0, 0.05) is 55.8 Å². The molecule has 0 radical (unpaired) electrons. The monoisotopic (exact) mass is 613 g/mol. The normalized spacial score (nSPS) is 29.9. The van der Waals surface area contributed by atoms with Crippen molar-refractivity contribution in [3.05, 3.63) is 47.3 Å². The molecule has 9 rings (SSSR count). The summed E-state index contributed by atoms with van der Waals surface area (Å²) in [6, 6.07) is 6.63. The minimum atomic E-state index is -0.998. The molecule has 7 aliphatic rings. The lowest BCUT2D eigenvalue weighted by Crippen LogP contribution is -2.74. The highest BCUT2D eigenvalue weighted by Gasteiger charge is 2.62. The molecule has 2 atom stereocenters. The topological polar surface area (TPSA) is 137 Å². The van der Waals surface area contributed by atoms with Crippen molar-refractivity contribution in [3.8, 4) is 0 Å². The molecule has 2 heterocycles. The molecule has 1 aromatic carbocycles. The van der Waals surface area contributed by atoms with E-state index in [1.807, 2.05) is 23.1 Å². The number of anilines is 1. The summed E-state index contributed by atoms with van der Waals surface area (Å²) in [5.41, 5.74) is 2.01. The number of amides is 5. The summed E-state index contributed by atoms with van der Waals surface area (Å²) in [6.45, 7) is 1.27. The van der Waals surface area contributed by atoms with Gasteiger partial charge < -0.3 is 26.2 Å². The molecule has 11 heteroatoms. The van der Waals surface area contributed by atoms with Crippen molar-refractivity contribution in [1.29, 1.82) is 0 Å². The van der Waals surface area contributed by atoms with Gasteiger partial charge in [-0.05, 0) is 86.1 Å². The Bertz CT molecular complexity index is 1560. The van der Waals surface area contributed by atoms with Crippen LogP contribution >= 0.6 is 0 Å². The number of fused-ring (bicyclic) bond motifs is 1. The summed E-state index contributed by atoms with van der Waals surface area (Å²) < 4.78 is 1.51. The van der Waals surface area contributed by atoms with Crippen LogP contribution in [0, 0.1) is 17.3 Å². The van der Waals surface area contributed by atoms with Crippen LogP contribution in [0.2, 0.25) is 0 Å². The smallest absolute Gasteiger partial charge is 0.318 e. The maximum Gasteiger partial charge on any atom is 0.318 e. The molecule has 6 fully saturated rings. The Morgan fingerprint density at radius 1 is 1.02 bits per heavy atom. The van der Waals surface area contributed by atoms with E-state index in [2.05, 4.69) is 26.4 Å². The van der Waals surface area contributed by atoms with Gasteiger partial charge in [0.1, 0.15) is 17.3 Å². The standard InChI is InChI=1S/C34H43N7O4/c1-40-26(9-12-36-40)28(42)38-27(22-5-3-2-4-6-22)29(43)37-25-8-7-23-17-34(18-24(23)13-25,30(44)39-33-14-21(15-33)16-33)41-20-32(10-11-32)19-35-31(41)45/h7-9,12-13,21-22,27H,2-6,10-11,14-20H2,1H3,(H,35,45)(H,37,43)(H,38,42)(H,39,44)/t21?,27-,33?,34?/m0/s1. The first kappa shape index (κ1) is 28.6. The molecule has 2 aromatic rings. The Labute approximate surface area is 263 Å². The van der Waals surface area contributed by atoms with Crippen LogP contribution in [0.15, 0.2) is 30.5 Å². The lowest BCUT2D eigenvalue weighted by Gasteiger charge is -2.62. The Kier molecular flexibility index (Phi) is 6.55. The van der Waals surface area contributed by atoms with Gasteiger partial charge in [0.15, 0.2) is 0 Å². The van der Waals surface area contributed by atoms with Gasteiger partial charge in [-0.1, -0.05) is 25.3 Å². The minimum absolute atomic E-state index is 0.0473. The van der Waals surface area contributed by atoms with Crippen molar-refractivity contribution in [1.82, 2.24) is 30.6 Å². The van der Waals surface area contributed by atoms with Crippen LogP contribution in [0.4, 0.5) is 10.5 Å². The zero-order valence-electron chi connectivity index (χ0n) is 26.0. The van der Waals surface area contributed by atoms with E-state index >= 15 is 0 Å². The SMILES string of the molecule is Cn1nccc1C(=O)N[C@H](C(=O)Nc1ccc2c(c1)CC(C(=O)NC13CC(C1)C3)(N1CC3(CC3)CNC1=O)C2)C1CCCCC1. The Morgan fingerprint density at radius 2 is 1.78 bits per heavy atom. The Balaban J connectivity index is 1.04. The molecule has 1 saturated heterocycles. The molecule has 1 unspecified atom stereocenters. The van der Waals surface area contributed by atoms with Crippen molar-refractivity contribution in [2.24, 2.45) is 24.3 Å². The Hall–Kier alpha value is -3.89. The van der Waals surface area contributed by atoms with Gasteiger partial charge in [-0.2, -0.15) is 5.10 Å². The van der Waals surface area contributed by atoms with Gasteiger partial charge in [-0.15, -0.1) is 0 Å². The fourth-order valence-electron chi connectivity index (χ4n) is 8.77. The quantitative estimate of drug-likeness (QED) is 0.363. The zero-order valence-corrected chi connectivity index (χ0v) is 26.0. The number of nitrogens with zero attached hydrogens (tertiary/aromatic N) is 3. The van der Waals surface area contributed by atoms with E-state index in [9.17, 15) is 19.2 Å². The average Bonchev–Trinajstić information content (AvgIpc) is 3.41. The van der Waals surface area contributed by atoms with E-state index in [0.29, 0.717) is 37.3 Å². The second-order valence-electron chi connectivity index (χ2n) is 15.0. The second-order valence-corrected chi connectivity index (χ2v) is 15.0. The summed E-state index contributed by atoms with van der Waals surface area (Å²) in [5, 5.41) is 16.7. The third-order valence-corrected chi connectivity index (χ3v) is 11.9. The number of urea groups is 1. The third kappa shape index (κ3) is 4.89. The van der Waals surface area contributed by atoms with E-state index in [-0.39, 0.29) is 40.6 Å². The van der Waals surface area contributed by atoms with Crippen LogP contribution < -0.4 is 21.3 Å². The fourth-order valence-corrected chi connectivity index (χ4v) is 8.77. The summed E-state index contributed by atoms with van der Waals surface area (Å²) in [5.74, 6) is 0.167. The molecule has 45 heavy (non-hydrogen) atoms. The summed E-state index contributed by atoms with van der Waals surface area (Å²) in [7, 11) is 1.71. The van der Waals surface area contributed by atoms with Crippen LogP contribution in [-0.2, 0) is 29.5 Å². The van der Waals surface area contributed by atoms with E-state index in [1.54, 1.807) is 19.3 Å². The fraction of sp³-hybridized carbons (Fsp3) is 0.618. The molecule has 1 spiro atoms. The van der Waals surface area contributed by atoms with Gasteiger partial charge in [-0.25, -0.2) is 4.79 Å². The second kappa shape index (κ2) is 10.3. The first-order valence-corrected chi connectivity index (χ1v) is 16.8. The van der Waals surface area contributed by atoms with Crippen LogP contribution in [0.25, 0.3) is 0 Å². The number of carbonyl (C=O) groups excluding carboxylic acids is 4. The highest BCUT2D eigenvalue weighted by molar-refractivity contribution is 6.01. The first-order valence-electron chi connectivity index (χ1n) is 16.8. The first-order chi connectivity index (χ1) is 21.7. The number of hydrogen-bond acceptors (Lipinski definition) is 5. The maximum absolute atomic E-state index is 14.2. The van der Waals surface area contributed by atoms with Gasteiger partial charge in [0.2, 0.25) is 11.8 Å². The third-order valence-electron chi connectivity index (χ3n) is 11.9. The minimum Gasteiger partial charge on any atom is -0.349 e. The summed E-state index contributed by atoms with van der Waals surface area (Å²) in [4.78, 5) is 56.4. The molecular formula is C34H43N7O4. The van der Waals surface area contributed by atoms with Gasteiger partial charge in [0.05, 0.1) is 0 Å².